The minimum atomic E-state index is -0.459. The van der Waals surface area contributed by atoms with E-state index < -0.39 is 4.92 Å². The summed E-state index contributed by atoms with van der Waals surface area (Å²) in [5, 5.41) is 15.2. The number of carbonyl (C=O) groups is 1. The molecule has 0 unspecified atom stereocenters. The van der Waals surface area contributed by atoms with E-state index >= 15 is 0 Å². The molecular formula is C17H25N3O4. The number of esters is 1. The fourth-order valence-corrected chi connectivity index (χ4v) is 4.73. The molecule has 2 bridgehead atoms. The van der Waals surface area contributed by atoms with Gasteiger partial charge in [-0.15, -0.1) is 0 Å². The van der Waals surface area contributed by atoms with E-state index in [4.69, 9.17) is 4.74 Å². The number of rotatable bonds is 4. The van der Waals surface area contributed by atoms with E-state index in [1.165, 1.54) is 11.1 Å². The van der Waals surface area contributed by atoms with Gasteiger partial charge in [-0.3, -0.25) is 19.6 Å². The van der Waals surface area contributed by atoms with Gasteiger partial charge in [-0.25, -0.2) is 0 Å². The second kappa shape index (κ2) is 5.29. The summed E-state index contributed by atoms with van der Waals surface area (Å²) in [6.07, 6.45) is 3.10. The second-order valence-electron chi connectivity index (χ2n) is 8.02. The number of fused-ring (bicyclic) bond motifs is 2. The number of ether oxygens (including phenoxy) is 1. The Kier molecular flexibility index (Phi) is 3.73. The van der Waals surface area contributed by atoms with E-state index in [1.807, 2.05) is 0 Å². The molecule has 0 radical (unpaired) electrons. The molecule has 0 aliphatic heterocycles. The zero-order valence-electron chi connectivity index (χ0n) is 15.0. The maximum atomic E-state index is 12.4. The summed E-state index contributed by atoms with van der Waals surface area (Å²) in [4.78, 5) is 23.0. The normalized spacial score (nSPS) is 30.5. The van der Waals surface area contributed by atoms with Crippen molar-refractivity contribution in [3.63, 3.8) is 0 Å². The highest BCUT2D eigenvalue weighted by atomic mass is 16.6. The largest absolute Gasteiger partial charge is 0.460 e. The maximum absolute atomic E-state index is 12.4. The standard InChI is InChI=1S/C17H25N3O4/c1-10-15(20(22)23)11(2)19(18-10)9-14(21)24-13-8-12-6-7-17(13,5)16(12,3)4/h12-13H,6-9H2,1-5H3/t12-,13-,17-/m1/s1. The zero-order chi connectivity index (χ0) is 17.9. The highest BCUT2D eigenvalue weighted by Gasteiger charge is 2.62. The van der Waals surface area contributed by atoms with Crippen LogP contribution in [0.3, 0.4) is 0 Å². The minimum absolute atomic E-state index is 0.00833. The number of aryl methyl sites for hydroxylation is 1. The molecule has 0 spiro atoms. The first-order valence-electron chi connectivity index (χ1n) is 8.46. The van der Waals surface area contributed by atoms with Gasteiger partial charge in [0.1, 0.15) is 24.0 Å². The minimum Gasteiger partial charge on any atom is -0.460 e. The Hall–Kier alpha value is -1.92. The average Bonchev–Trinajstić information content (AvgIpc) is 2.93. The summed E-state index contributed by atoms with van der Waals surface area (Å²) in [6, 6.07) is 0. The summed E-state index contributed by atoms with van der Waals surface area (Å²) in [5.74, 6) is 0.222. The van der Waals surface area contributed by atoms with Gasteiger partial charge < -0.3 is 4.74 Å². The highest BCUT2D eigenvalue weighted by Crippen LogP contribution is 2.66. The van der Waals surface area contributed by atoms with E-state index in [9.17, 15) is 14.9 Å². The number of hydrogen-bond donors (Lipinski definition) is 0. The van der Waals surface area contributed by atoms with Gasteiger partial charge in [0.05, 0.1) is 4.92 Å². The Labute approximate surface area is 141 Å². The SMILES string of the molecule is Cc1nn(CC(=O)O[C@@H]2C[C@H]3CC[C@@]2(C)C3(C)C)c(C)c1[N+](=O)[O-]. The first-order chi connectivity index (χ1) is 11.1. The predicted octanol–water partition coefficient (Wildman–Crippen LogP) is 3.17. The summed E-state index contributed by atoms with van der Waals surface area (Å²) < 4.78 is 7.15. The number of nitro groups is 1. The van der Waals surface area contributed by atoms with Crippen LogP contribution in [-0.4, -0.2) is 26.8 Å². The van der Waals surface area contributed by atoms with Gasteiger partial charge in [0.15, 0.2) is 0 Å². The van der Waals surface area contributed by atoms with Crippen LogP contribution in [0.15, 0.2) is 0 Å². The van der Waals surface area contributed by atoms with Gasteiger partial charge in [0.2, 0.25) is 0 Å². The van der Waals surface area contributed by atoms with Crippen molar-refractivity contribution in [3.05, 3.63) is 21.5 Å². The van der Waals surface area contributed by atoms with Gasteiger partial charge in [-0.05, 0) is 44.4 Å². The third-order valence-electron chi connectivity index (χ3n) is 6.79. The van der Waals surface area contributed by atoms with Crippen LogP contribution in [0, 0.1) is 40.7 Å². The van der Waals surface area contributed by atoms with Crippen molar-refractivity contribution in [3.8, 4) is 0 Å². The topological polar surface area (TPSA) is 87.3 Å². The van der Waals surface area contributed by atoms with Gasteiger partial charge in [0, 0.05) is 5.41 Å². The van der Waals surface area contributed by atoms with E-state index in [0.29, 0.717) is 17.3 Å². The molecular weight excluding hydrogens is 310 g/mol. The summed E-state index contributed by atoms with van der Waals surface area (Å²) in [7, 11) is 0. The summed E-state index contributed by atoms with van der Waals surface area (Å²) in [5.41, 5.74) is 0.853. The van der Waals surface area contributed by atoms with Crippen LogP contribution in [0.25, 0.3) is 0 Å². The van der Waals surface area contributed by atoms with Crippen LogP contribution in [0.1, 0.15) is 51.4 Å². The van der Waals surface area contributed by atoms with Crippen molar-refractivity contribution in [1.82, 2.24) is 9.78 Å². The lowest BCUT2D eigenvalue weighted by Gasteiger charge is -2.38. The molecule has 7 nitrogen and oxygen atoms in total. The molecule has 3 rings (SSSR count). The molecule has 3 atom stereocenters. The lowest BCUT2D eigenvalue weighted by atomic mass is 9.70. The fourth-order valence-electron chi connectivity index (χ4n) is 4.73. The molecule has 0 N–H and O–H groups in total. The molecule has 0 amide bonds. The third-order valence-corrected chi connectivity index (χ3v) is 6.79. The van der Waals surface area contributed by atoms with E-state index in [-0.39, 0.29) is 35.1 Å². The zero-order valence-corrected chi connectivity index (χ0v) is 15.0. The Morgan fingerprint density at radius 2 is 2.08 bits per heavy atom. The Bertz CT molecular complexity index is 709. The quantitative estimate of drug-likeness (QED) is 0.479. The van der Waals surface area contributed by atoms with Gasteiger partial charge in [-0.1, -0.05) is 20.8 Å². The van der Waals surface area contributed by atoms with Crippen molar-refractivity contribution in [2.75, 3.05) is 0 Å². The second-order valence-corrected chi connectivity index (χ2v) is 8.02. The maximum Gasteiger partial charge on any atom is 0.328 e. The molecule has 1 aromatic heterocycles. The van der Waals surface area contributed by atoms with Crippen LogP contribution < -0.4 is 0 Å². The van der Waals surface area contributed by atoms with Crippen molar-refractivity contribution >= 4 is 11.7 Å². The Morgan fingerprint density at radius 1 is 1.42 bits per heavy atom. The molecule has 7 heteroatoms. The van der Waals surface area contributed by atoms with Crippen LogP contribution in [-0.2, 0) is 16.1 Å². The average molecular weight is 335 g/mol. The lowest BCUT2D eigenvalue weighted by molar-refractivity contribution is -0.386. The summed E-state index contributed by atoms with van der Waals surface area (Å²) >= 11 is 0. The first kappa shape index (κ1) is 16.9. The number of carbonyl (C=O) groups excluding carboxylic acids is 1. The highest BCUT2D eigenvalue weighted by molar-refractivity contribution is 5.69. The van der Waals surface area contributed by atoms with Gasteiger partial charge in [0.25, 0.3) is 0 Å². The molecule has 1 heterocycles. The number of hydrogen-bond acceptors (Lipinski definition) is 5. The molecule has 0 aromatic carbocycles. The first-order valence-corrected chi connectivity index (χ1v) is 8.46. The van der Waals surface area contributed by atoms with Crippen molar-refractivity contribution in [1.29, 1.82) is 0 Å². The van der Waals surface area contributed by atoms with Gasteiger partial charge >= 0.3 is 11.7 Å². The predicted molar refractivity (Wildman–Crippen MR) is 87.5 cm³/mol. The number of aromatic nitrogens is 2. The van der Waals surface area contributed by atoms with Crippen LogP contribution in [0.5, 0.6) is 0 Å². The monoisotopic (exact) mass is 335 g/mol. The van der Waals surface area contributed by atoms with Crippen LogP contribution in [0.2, 0.25) is 0 Å². The van der Waals surface area contributed by atoms with Crippen molar-refractivity contribution in [2.24, 2.45) is 16.7 Å². The van der Waals surface area contributed by atoms with Crippen LogP contribution in [0.4, 0.5) is 5.69 Å². The van der Waals surface area contributed by atoms with Crippen molar-refractivity contribution < 1.29 is 14.5 Å². The molecule has 132 valence electrons. The van der Waals surface area contributed by atoms with Gasteiger partial charge in [-0.2, -0.15) is 5.10 Å². The smallest absolute Gasteiger partial charge is 0.328 e. The molecule has 2 aliphatic rings. The number of nitrogens with zero attached hydrogens (tertiary/aromatic N) is 3. The Balaban J connectivity index is 1.72. The molecule has 2 fully saturated rings. The molecule has 1 aromatic rings. The molecule has 2 saturated carbocycles. The molecule has 0 saturated heterocycles. The van der Waals surface area contributed by atoms with Crippen LogP contribution >= 0.6 is 0 Å². The van der Waals surface area contributed by atoms with E-state index in [0.717, 1.165) is 12.8 Å². The lowest BCUT2D eigenvalue weighted by Crippen LogP contribution is -2.39. The molecule has 24 heavy (non-hydrogen) atoms. The third kappa shape index (κ3) is 2.24. The molecule has 2 aliphatic carbocycles. The van der Waals surface area contributed by atoms with Crippen molar-refractivity contribution in [2.45, 2.75) is 66.5 Å². The fraction of sp³-hybridized carbons (Fsp3) is 0.765. The summed E-state index contributed by atoms with van der Waals surface area (Å²) in [6.45, 7) is 9.84. The van der Waals surface area contributed by atoms with E-state index in [1.54, 1.807) is 13.8 Å². The Morgan fingerprint density at radius 3 is 2.54 bits per heavy atom. The van der Waals surface area contributed by atoms with E-state index in [2.05, 4.69) is 25.9 Å².